The molecular weight excluding hydrogens is 156 g/mol. The molecular formula is C10H15Cl. The molecule has 1 heteroatoms. The number of hydrogen-bond acceptors (Lipinski definition) is 0. The van der Waals surface area contributed by atoms with Gasteiger partial charge in [-0.15, -0.1) is 0 Å². The normalized spacial score (nSPS) is 14.5. The van der Waals surface area contributed by atoms with Crippen LogP contribution in [-0.2, 0) is 0 Å². The summed E-state index contributed by atoms with van der Waals surface area (Å²) >= 11 is 5.77. The fraction of sp³-hybridized carbons (Fsp3) is 0.400. The van der Waals surface area contributed by atoms with E-state index in [4.69, 9.17) is 11.6 Å². The Kier molecular flexibility index (Phi) is 5.96. The van der Waals surface area contributed by atoms with Gasteiger partial charge in [-0.05, 0) is 26.3 Å². The number of allylic oxidation sites excluding steroid dienone is 6. The maximum Gasteiger partial charge on any atom is 0.0363 e. The van der Waals surface area contributed by atoms with Crippen LogP contribution in [0.15, 0.2) is 34.9 Å². The summed E-state index contributed by atoms with van der Waals surface area (Å²) in [6, 6.07) is 0. The number of rotatable bonds is 3. The highest BCUT2D eigenvalue weighted by atomic mass is 35.5. The highest BCUT2D eigenvalue weighted by Crippen LogP contribution is 2.07. The monoisotopic (exact) mass is 170 g/mol. The molecule has 0 amide bonds. The Bertz CT molecular complexity index is 185. The fourth-order valence-electron chi connectivity index (χ4n) is 0.701. The van der Waals surface area contributed by atoms with Crippen molar-refractivity contribution in [2.75, 3.05) is 0 Å². The quantitative estimate of drug-likeness (QED) is 0.561. The lowest BCUT2D eigenvalue weighted by molar-refractivity contribution is 1.14. The summed E-state index contributed by atoms with van der Waals surface area (Å²) in [6.45, 7) is 6.09. The van der Waals surface area contributed by atoms with E-state index in [1.54, 1.807) is 0 Å². The predicted octanol–water partition coefficient (Wildman–Crippen LogP) is 4.04. The predicted molar refractivity (Wildman–Crippen MR) is 52.8 cm³/mol. The first kappa shape index (κ1) is 10.5. The minimum Gasteiger partial charge on any atom is -0.0847 e. The molecule has 0 unspecified atom stereocenters. The molecule has 0 N–H and O–H groups in total. The highest BCUT2D eigenvalue weighted by Gasteiger charge is 1.85. The molecule has 0 spiro atoms. The van der Waals surface area contributed by atoms with Crippen LogP contribution in [-0.4, -0.2) is 0 Å². The summed E-state index contributed by atoms with van der Waals surface area (Å²) in [7, 11) is 0. The third-order valence-electron chi connectivity index (χ3n) is 1.51. The van der Waals surface area contributed by atoms with E-state index in [9.17, 15) is 0 Å². The first-order valence-corrected chi connectivity index (χ1v) is 4.27. The zero-order valence-electron chi connectivity index (χ0n) is 7.39. The van der Waals surface area contributed by atoms with Crippen LogP contribution >= 0.6 is 11.6 Å². The molecule has 0 heterocycles. The molecule has 0 saturated heterocycles. The van der Waals surface area contributed by atoms with E-state index >= 15 is 0 Å². The first-order valence-electron chi connectivity index (χ1n) is 3.89. The molecule has 0 aliphatic heterocycles. The van der Waals surface area contributed by atoms with Crippen LogP contribution in [0.5, 0.6) is 0 Å². The molecule has 0 fully saturated rings. The maximum absolute atomic E-state index is 5.77. The summed E-state index contributed by atoms with van der Waals surface area (Å²) in [5, 5.41) is 0.790. The molecule has 0 radical (unpaired) electrons. The van der Waals surface area contributed by atoms with Gasteiger partial charge in [0.1, 0.15) is 0 Å². The van der Waals surface area contributed by atoms with E-state index in [0.717, 1.165) is 11.5 Å². The van der Waals surface area contributed by atoms with Crippen molar-refractivity contribution in [2.45, 2.75) is 27.2 Å². The third kappa shape index (κ3) is 4.86. The Balaban J connectivity index is 4.12. The molecule has 0 aromatic carbocycles. The van der Waals surface area contributed by atoms with Crippen molar-refractivity contribution in [3.8, 4) is 0 Å². The van der Waals surface area contributed by atoms with Crippen molar-refractivity contribution < 1.29 is 0 Å². The lowest BCUT2D eigenvalue weighted by atomic mass is 10.2. The minimum absolute atomic E-state index is 0.790. The van der Waals surface area contributed by atoms with Crippen molar-refractivity contribution in [3.63, 3.8) is 0 Å². The smallest absolute Gasteiger partial charge is 0.0363 e. The van der Waals surface area contributed by atoms with Gasteiger partial charge in [0.05, 0.1) is 0 Å². The zero-order chi connectivity index (χ0) is 8.69. The van der Waals surface area contributed by atoms with Crippen LogP contribution in [0.25, 0.3) is 0 Å². The van der Waals surface area contributed by atoms with E-state index in [-0.39, 0.29) is 0 Å². The van der Waals surface area contributed by atoms with E-state index in [1.807, 2.05) is 32.1 Å². The lowest BCUT2D eigenvalue weighted by Gasteiger charge is -1.92. The van der Waals surface area contributed by atoms with E-state index in [1.165, 1.54) is 5.57 Å². The Labute approximate surface area is 74.3 Å². The van der Waals surface area contributed by atoms with Crippen LogP contribution in [0.4, 0.5) is 0 Å². The standard InChI is InChI=1S/C10H15Cl/c1-4-9(5-2)7-8-10(11)6-3/h4,6-8H,5H2,1-3H3/b8-7-,9-4-,10-6?. The Morgan fingerprint density at radius 3 is 2.18 bits per heavy atom. The summed E-state index contributed by atoms with van der Waals surface area (Å²) in [5.41, 5.74) is 1.31. The molecule has 0 aromatic rings. The molecule has 62 valence electrons. The summed E-state index contributed by atoms with van der Waals surface area (Å²) in [5.74, 6) is 0. The average molecular weight is 171 g/mol. The summed E-state index contributed by atoms with van der Waals surface area (Å²) in [6.07, 6.45) is 8.99. The molecule has 0 bridgehead atoms. The largest absolute Gasteiger partial charge is 0.0847 e. The van der Waals surface area contributed by atoms with Crippen molar-refractivity contribution in [2.24, 2.45) is 0 Å². The second-order valence-corrected chi connectivity index (χ2v) is 2.66. The van der Waals surface area contributed by atoms with Gasteiger partial charge < -0.3 is 0 Å². The Morgan fingerprint density at radius 2 is 1.82 bits per heavy atom. The van der Waals surface area contributed by atoms with Crippen molar-refractivity contribution in [1.82, 2.24) is 0 Å². The first-order chi connectivity index (χ1) is 5.24. The molecule has 0 aliphatic rings. The number of hydrogen-bond donors (Lipinski definition) is 0. The van der Waals surface area contributed by atoms with Crippen LogP contribution in [0, 0.1) is 0 Å². The van der Waals surface area contributed by atoms with Gasteiger partial charge in [-0.2, -0.15) is 0 Å². The highest BCUT2D eigenvalue weighted by molar-refractivity contribution is 6.31. The summed E-state index contributed by atoms with van der Waals surface area (Å²) < 4.78 is 0. The molecule has 0 aliphatic carbocycles. The number of halogens is 1. The van der Waals surface area contributed by atoms with Crippen LogP contribution in [0.2, 0.25) is 0 Å². The topological polar surface area (TPSA) is 0 Å². The second-order valence-electron chi connectivity index (χ2n) is 2.22. The Hall–Kier alpha value is -0.490. The SMILES string of the molecule is CC=C(Cl)/C=C\C(=C/C)CC. The van der Waals surface area contributed by atoms with E-state index < -0.39 is 0 Å². The lowest BCUT2D eigenvalue weighted by Crippen LogP contribution is -1.72. The summed E-state index contributed by atoms with van der Waals surface area (Å²) in [4.78, 5) is 0. The van der Waals surface area contributed by atoms with Gasteiger partial charge in [0.15, 0.2) is 0 Å². The second kappa shape index (κ2) is 6.23. The van der Waals surface area contributed by atoms with Crippen molar-refractivity contribution in [1.29, 1.82) is 0 Å². The van der Waals surface area contributed by atoms with Crippen LogP contribution in [0.1, 0.15) is 27.2 Å². The van der Waals surface area contributed by atoms with Crippen LogP contribution < -0.4 is 0 Å². The van der Waals surface area contributed by atoms with Crippen molar-refractivity contribution in [3.05, 3.63) is 34.9 Å². The third-order valence-corrected chi connectivity index (χ3v) is 1.86. The zero-order valence-corrected chi connectivity index (χ0v) is 8.15. The van der Waals surface area contributed by atoms with Gasteiger partial charge in [-0.1, -0.05) is 42.3 Å². The minimum atomic E-state index is 0.790. The maximum atomic E-state index is 5.77. The molecule has 0 atom stereocenters. The Morgan fingerprint density at radius 1 is 1.18 bits per heavy atom. The fourth-order valence-corrected chi connectivity index (χ4v) is 0.764. The van der Waals surface area contributed by atoms with Gasteiger partial charge >= 0.3 is 0 Å². The molecule has 0 aromatic heterocycles. The van der Waals surface area contributed by atoms with E-state index in [0.29, 0.717) is 0 Å². The van der Waals surface area contributed by atoms with Gasteiger partial charge in [0.25, 0.3) is 0 Å². The molecule has 11 heavy (non-hydrogen) atoms. The van der Waals surface area contributed by atoms with E-state index in [2.05, 4.69) is 13.0 Å². The van der Waals surface area contributed by atoms with Gasteiger partial charge in [0, 0.05) is 5.03 Å². The van der Waals surface area contributed by atoms with Gasteiger partial charge in [0.2, 0.25) is 0 Å². The average Bonchev–Trinajstić information content (AvgIpc) is 2.06. The molecule has 0 saturated carbocycles. The van der Waals surface area contributed by atoms with Gasteiger partial charge in [-0.3, -0.25) is 0 Å². The van der Waals surface area contributed by atoms with Crippen molar-refractivity contribution >= 4 is 11.6 Å². The van der Waals surface area contributed by atoms with Crippen LogP contribution in [0.3, 0.4) is 0 Å². The molecule has 0 rings (SSSR count). The van der Waals surface area contributed by atoms with Gasteiger partial charge in [-0.25, -0.2) is 0 Å². The molecule has 0 nitrogen and oxygen atoms in total.